The Hall–Kier alpha value is -2.42. The summed E-state index contributed by atoms with van der Waals surface area (Å²) in [7, 11) is 1.63. The van der Waals surface area contributed by atoms with Gasteiger partial charge in [-0.05, 0) is 6.07 Å². The molecule has 1 N–H and O–H groups in total. The monoisotopic (exact) mass is 272 g/mol. The Morgan fingerprint density at radius 2 is 2.20 bits per heavy atom. The van der Waals surface area contributed by atoms with E-state index in [1.807, 2.05) is 0 Å². The minimum Gasteiger partial charge on any atom is -0.325 e. The number of carbonyl (C=O) groups is 1. The lowest BCUT2D eigenvalue weighted by Crippen LogP contribution is -2.20. The number of hydrogen-bond acceptors (Lipinski definition) is 4. The summed E-state index contributed by atoms with van der Waals surface area (Å²) in [6.07, 6.45) is 8.97. The molecule has 0 bridgehead atoms. The minimum absolute atomic E-state index is 0.119. The Bertz CT molecular complexity index is 633. The zero-order valence-corrected chi connectivity index (χ0v) is 11.3. The molecule has 0 aliphatic carbocycles. The average molecular weight is 272 g/mol. The van der Waals surface area contributed by atoms with E-state index in [1.54, 1.807) is 19.3 Å². The van der Waals surface area contributed by atoms with E-state index >= 15 is 0 Å². The molecule has 6 heteroatoms. The zero-order chi connectivity index (χ0) is 14.6. The van der Waals surface area contributed by atoms with Gasteiger partial charge in [0.05, 0.1) is 5.69 Å². The van der Waals surface area contributed by atoms with Gasteiger partial charge in [0.1, 0.15) is 0 Å². The lowest BCUT2D eigenvalue weighted by Gasteiger charge is -2.09. The Labute approximate surface area is 116 Å². The summed E-state index contributed by atoms with van der Waals surface area (Å²) in [6, 6.07) is 3.00. The average Bonchev–Trinajstić information content (AvgIpc) is 3.19. The molecule has 0 unspecified atom stereocenters. The van der Waals surface area contributed by atoms with E-state index in [4.69, 9.17) is 6.42 Å². The van der Waals surface area contributed by atoms with Crippen molar-refractivity contribution in [1.82, 2.24) is 4.57 Å². The van der Waals surface area contributed by atoms with Crippen LogP contribution in [0, 0.1) is 12.3 Å². The van der Waals surface area contributed by atoms with Crippen molar-refractivity contribution < 1.29 is 4.79 Å². The summed E-state index contributed by atoms with van der Waals surface area (Å²) >= 11 is 0. The summed E-state index contributed by atoms with van der Waals surface area (Å²) in [5, 5.41) is 10.7. The summed E-state index contributed by atoms with van der Waals surface area (Å²) in [5.41, 5.74) is 0.0408. The van der Waals surface area contributed by atoms with Crippen LogP contribution in [0.4, 0.5) is 5.69 Å². The SMILES string of the molecule is C#CCCC1(CCC(=O)Nc2ccc(=O)n(C)c2)N=N1. The van der Waals surface area contributed by atoms with Crippen molar-refractivity contribution in [3.8, 4) is 12.3 Å². The van der Waals surface area contributed by atoms with Crippen LogP contribution < -0.4 is 10.9 Å². The maximum absolute atomic E-state index is 11.8. The molecule has 0 atom stereocenters. The zero-order valence-electron chi connectivity index (χ0n) is 11.3. The first kappa shape index (κ1) is 14.0. The fourth-order valence-corrected chi connectivity index (χ4v) is 1.87. The predicted molar refractivity (Wildman–Crippen MR) is 75.2 cm³/mol. The minimum atomic E-state index is -0.437. The van der Waals surface area contributed by atoms with E-state index in [-0.39, 0.29) is 11.5 Å². The number of carbonyl (C=O) groups excluding carboxylic acids is 1. The number of aromatic nitrogens is 1. The van der Waals surface area contributed by atoms with Gasteiger partial charge in [-0.25, -0.2) is 0 Å². The van der Waals surface area contributed by atoms with E-state index in [2.05, 4.69) is 21.5 Å². The molecule has 104 valence electrons. The van der Waals surface area contributed by atoms with Gasteiger partial charge in [0.15, 0.2) is 5.66 Å². The molecule has 1 aromatic rings. The summed E-state index contributed by atoms with van der Waals surface area (Å²) < 4.78 is 1.41. The number of terminal acetylenes is 1. The van der Waals surface area contributed by atoms with Crippen LogP contribution in [-0.4, -0.2) is 16.1 Å². The number of rotatable bonds is 6. The number of amides is 1. The molecule has 1 aliphatic rings. The molecule has 2 rings (SSSR count). The largest absolute Gasteiger partial charge is 0.325 e. The van der Waals surface area contributed by atoms with Crippen molar-refractivity contribution in [2.75, 3.05) is 5.32 Å². The highest BCUT2D eigenvalue weighted by Gasteiger charge is 2.39. The van der Waals surface area contributed by atoms with Gasteiger partial charge in [-0.1, -0.05) is 0 Å². The normalized spacial score (nSPS) is 14.6. The molecule has 0 saturated heterocycles. The van der Waals surface area contributed by atoms with Gasteiger partial charge in [-0.2, -0.15) is 10.2 Å². The highest BCUT2D eigenvalue weighted by Crippen LogP contribution is 2.37. The first-order chi connectivity index (χ1) is 9.54. The smallest absolute Gasteiger partial charge is 0.250 e. The van der Waals surface area contributed by atoms with E-state index in [0.29, 0.717) is 31.4 Å². The topological polar surface area (TPSA) is 75.8 Å². The molecular weight excluding hydrogens is 256 g/mol. The van der Waals surface area contributed by atoms with Gasteiger partial charge >= 0.3 is 0 Å². The van der Waals surface area contributed by atoms with Gasteiger partial charge in [-0.3, -0.25) is 9.59 Å². The number of hydrogen-bond donors (Lipinski definition) is 1. The highest BCUT2D eigenvalue weighted by molar-refractivity contribution is 5.90. The molecule has 1 amide bonds. The van der Waals surface area contributed by atoms with Crippen LogP contribution >= 0.6 is 0 Å². The molecule has 6 nitrogen and oxygen atoms in total. The van der Waals surface area contributed by atoms with Crippen molar-refractivity contribution in [1.29, 1.82) is 0 Å². The van der Waals surface area contributed by atoms with Crippen molar-refractivity contribution in [2.45, 2.75) is 31.3 Å². The fourth-order valence-electron chi connectivity index (χ4n) is 1.87. The molecule has 0 spiro atoms. The number of nitrogens with zero attached hydrogens (tertiary/aromatic N) is 3. The number of aryl methyl sites for hydroxylation is 1. The number of nitrogens with one attached hydrogen (secondary N) is 1. The second-order valence-electron chi connectivity index (χ2n) is 4.80. The Morgan fingerprint density at radius 1 is 1.45 bits per heavy atom. The van der Waals surface area contributed by atoms with Gasteiger partial charge < -0.3 is 9.88 Å². The molecule has 0 fully saturated rings. The van der Waals surface area contributed by atoms with Crippen molar-refractivity contribution in [2.24, 2.45) is 17.3 Å². The molecule has 0 saturated carbocycles. The quantitative estimate of drug-likeness (QED) is 0.800. The molecule has 20 heavy (non-hydrogen) atoms. The maximum atomic E-state index is 11.8. The fraction of sp³-hybridized carbons (Fsp3) is 0.429. The number of pyridine rings is 1. The van der Waals surface area contributed by atoms with Crippen LogP contribution in [0.3, 0.4) is 0 Å². The van der Waals surface area contributed by atoms with Crippen molar-refractivity contribution in [3.63, 3.8) is 0 Å². The Morgan fingerprint density at radius 3 is 2.80 bits per heavy atom. The summed E-state index contributed by atoms with van der Waals surface area (Å²) in [4.78, 5) is 23.1. The second kappa shape index (κ2) is 5.70. The van der Waals surface area contributed by atoms with Gasteiger partial charge in [0.2, 0.25) is 11.5 Å². The van der Waals surface area contributed by atoms with Crippen LogP contribution in [0.1, 0.15) is 25.7 Å². The van der Waals surface area contributed by atoms with E-state index in [9.17, 15) is 9.59 Å². The molecule has 1 aliphatic heterocycles. The van der Waals surface area contributed by atoms with Crippen LogP contribution in [0.5, 0.6) is 0 Å². The molecular formula is C14H16N4O2. The lowest BCUT2D eigenvalue weighted by atomic mass is 10.0. The van der Waals surface area contributed by atoms with E-state index in [1.165, 1.54) is 10.6 Å². The van der Waals surface area contributed by atoms with E-state index < -0.39 is 5.66 Å². The molecule has 0 aromatic carbocycles. The van der Waals surface area contributed by atoms with Gasteiger partial charge in [-0.15, -0.1) is 12.3 Å². The third-order valence-corrected chi connectivity index (χ3v) is 3.17. The van der Waals surface area contributed by atoms with E-state index in [0.717, 1.165) is 0 Å². The Kier molecular flexibility index (Phi) is 3.99. The maximum Gasteiger partial charge on any atom is 0.250 e. The summed E-state index contributed by atoms with van der Waals surface area (Å²) in [5.74, 6) is 2.43. The van der Waals surface area contributed by atoms with Crippen molar-refractivity contribution in [3.05, 3.63) is 28.7 Å². The molecule has 1 aromatic heterocycles. The van der Waals surface area contributed by atoms with Crippen LogP contribution in [-0.2, 0) is 11.8 Å². The van der Waals surface area contributed by atoms with Crippen molar-refractivity contribution >= 4 is 11.6 Å². The van der Waals surface area contributed by atoms with Crippen LogP contribution in [0.2, 0.25) is 0 Å². The highest BCUT2D eigenvalue weighted by atomic mass is 16.1. The first-order valence-corrected chi connectivity index (χ1v) is 6.39. The van der Waals surface area contributed by atoms with Gasteiger partial charge in [0.25, 0.3) is 0 Å². The van der Waals surface area contributed by atoms with Gasteiger partial charge in [0, 0.05) is 45.0 Å². The number of anilines is 1. The third-order valence-electron chi connectivity index (χ3n) is 3.17. The summed E-state index contributed by atoms with van der Waals surface area (Å²) in [6.45, 7) is 0. The second-order valence-corrected chi connectivity index (χ2v) is 4.80. The lowest BCUT2D eigenvalue weighted by molar-refractivity contribution is -0.116. The Balaban J connectivity index is 1.82. The molecule has 2 heterocycles. The predicted octanol–water partition coefficient (Wildman–Crippen LogP) is 1.68. The third kappa shape index (κ3) is 3.54. The van der Waals surface area contributed by atoms with Crippen LogP contribution in [0.15, 0.2) is 33.4 Å². The first-order valence-electron chi connectivity index (χ1n) is 6.39. The molecule has 0 radical (unpaired) electrons. The van der Waals surface area contributed by atoms with Crippen LogP contribution in [0.25, 0.3) is 0 Å². The standard InChI is InChI=1S/C14H16N4O2/c1-3-4-8-14(16-17-14)9-7-12(19)15-11-5-6-13(20)18(2)10-11/h1,5-6,10H,4,7-9H2,2H3,(H,15,19).